The Hall–Kier alpha value is -4.08. The number of esters is 1. The molecule has 6 nitrogen and oxygen atoms in total. The van der Waals surface area contributed by atoms with Gasteiger partial charge >= 0.3 is 5.97 Å². The number of hydrogen-bond donors (Lipinski definition) is 1. The first kappa shape index (κ1) is 22.1. The van der Waals surface area contributed by atoms with E-state index >= 15 is 0 Å². The highest BCUT2D eigenvalue weighted by Gasteiger charge is 2.14. The summed E-state index contributed by atoms with van der Waals surface area (Å²) in [7, 11) is 0. The predicted molar refractivity (Wildman–Crippen MR) is 128 cm³/mol. The number of nitriles is 1. The number of aliphatic hydroxyl groups excluding tert-OH is 1. The Labute approximate surface area is 191 Å². The maximum atomic E-state index is 11.7. The molecular formula is C27H24N2O4. The molecule has 4 rings (SSSR count). The zero-order chi connectivity index (χ0) is 23.2. The maximum absolute atomic E-state index is 11.7. The highest BCUT2D eigenvalue weighted by Crippen LogP contribution is 2.29. The highest BCUT2D eigenvalue weighted by atomic mass is 16.5. The summed E-state index contributed by atoms with van der Waals surface area (Å²) in [5, 5.41) is 22.1. The molecule has 33 heavy (non-hydrogen) atoms. The van der Waals surface area contributed by atoms with E-state index in [9.17, 15) is 9.90 Å². The normalized spacial score (nSPS) is 12.5. The molecule has 6 heteroatoms. The van der Waals surface area contributed by atoms with E-state index in [1.54, 1.807) is 31.2 Å². The van der Waals surface area contributed by atoms with Gasteiger partial charge in [-0.1, -0.05) is 48.5 Å². The lowest BCUT2D eigenvalue weighted by atomic mass is 10.1. The third-order valence-electron chi connectivity index (χ3n) is 5.32. The van der Waals surface area contributed by atoms with Crippen molar-refractivity contribution in [3.05, 3.63) is 83.9 Å². The highest BCUT2D eigenvalue weighted by molar-refractivity contribution is 6.07. The zero-order valence-electron chi connectivity index (χ0n) is 18.3. The van der Waals surface area contributed by atoms with Crippen LogP contribution in [0.15, 0.2) is 78.4 Å². The average Bonchev–Trinajstić information content (AvgIpc) is 3.16. The van der Waals surface area contributed by atoms with E-state index in [0.29, 0.717) is 17.9 Å². The first-order valence-corrected chi connectivity index (χ1v) is 10.8. The molecular weight excluding hydrogens is 416 g/mol. The molecule has 3 aromatic carbocycles. The number of aromatic nitrogens is 1. The number of hydrogen-bond acceptors (Lipinski definition) is 5. The summed E-state index contributed by atoms with van der Waals surface area (Å²) in [5.74, 6) is -0.0587. The number of benzene rings is 3. The summed E-state index contributed by atoms with van der Waals surface area (Å²) in [6.07, 6.45) is 0.761. The molecule has 0 bridgehead atoms. The van der Waals surface area contributed by atoms with Crippen molar-refractivity contribution >= 4 is 33.9 Å². The first-order valence-electron chi connectivity index (χ1n) is 10.8. The monoisotopic (exact) mass is 440 g/mol. The van der Waals surface area contributed by atoms with Crippen molar-refractivity contribution < 1.29 is 19.4 Å². The summed E-state index contributed by atoms with van der Waals surface area (Å²) in [5.41, 5.74) is 2.76. The molecule has 0 aliphatic heterocycles. The molecule has 166 valence electrons. The van der Waals surface area contributed by atoms with Gasteiger partial charge in [0, 0.05) is 21.8 Å². The fourth-order valence-corrected chi connectivity index (χ4v) is 3.83. The molecule has 0 saturated heterocycles. The molecule has 0 spiro atoms. The van der Waals surface area contributed by atoms with Crippen LogP contribution in [0, 0.1) is 11.3 Å². The van der Waals surface area contributed by atoms with Crippen LogP contribution in [0.25, 0.3) is 27.9 Å². The van der Waals surface area contributed by atoms with Gasteiger partial charge in [-0.3, -0.25) is 0 Å². The van der Waals surface area contributed by atoms with Crippen molar-refractivity contribution in [2.24, 2.45) is 0 Å². The van der Waals surface area contributed by atoms with E-state index in [2.05, 4.69) is 28.8 Å². The standard InChI is InChI=1S/C27H24N2O4/c1-2-32-27(31)20(16-28)15-19-11-13-22(14-12-19)33-18-21(30)17-29-25-9-5-3-7-23(25)24-8-4-6-10-26(24)29/h3-15,21,30H,2,17-18H2,1H3/b20-15-. The number of carbonyl (C=O) groups is 1. The molecule has 1 N–H and O–H groups in total. The second-order valence-electron chi connectivity index (χ2n) is 7.57. The van der Waals surface area contributed by atoms with Gasteiger partial charge in [-0.2, -0.15) is 5.26 Å². The molecule has 0 aliphatic rings. The Morgan fingerprint density at radius 2 is 1.64 bits per heavy atom. The van der Waals surface area contributed by atoms with Crippen LogP contribution in [0.3, 0.4) is 0 Å². The third kappa shape index (κ3) is 4.89. The van der Waals surface area contributed by atoms with Crippen LogP contribution < -0.4 is 4.74 Å². The smallest absolute Gasteiger partial charge is 0.348 e. The lowest BCUT2D eigenvalue weighted by Gasteiger charge is -2.15. The Morgan fingerprint density at radius 1 is 1.03 bits per heavy atom. The van der Waals surface area contributed by atoms with Crippen molar-refractivity contribution in [1.82, 2.24) is 4.57 Å². The molecule has 0 fully saturated rings. The van der Waals surface area contributed by atoms with E-state index in [0.717, 1.165) is 21.8 Å². The van der Waals surface area contributed by atoms with Gasteiger partial charge in [0.05, 0.1) is 13.2 Å². The van der Waals surface area contributed by atoms with Gasteiger partial charge in [0.2, 0.25) is 0 Å². The van der Waals surface area contributed by atoms with Gasteiger partial charge in [-0.15, -0.1) is 0 Å². The number of carbonyl (C=O) groups excluding carboxylic acids is 1. The topological polar surface area (TPSA) is 84.5 Å². The van der Waals surface area contributed by atoms with Gasteiger partial charge in [0.1, 0.15) is 30.1 Å². The summed E-state index contributed by atoms with van der Waals surface area (Å²) < 4.78 is 12.8. The minimum atomic E-state index is -0.710. The van der Waals surface area contributed by atoms with Crippen molar-refractivity contribution in [2.45, 2.75) is 19.6 Å². The number of fused-ring (bicyclic) bond motifs is 3. The van der Waals surface area contributed by atoms with Gasteiger partial charge in [0.25, 0.3) is 0 Å². The van der Waals surface area contributed by atoms with Gasteiger partial charge < -0.3 is 19.1 Å². The lowest BCUT2D eigenvalue weighted by molar-refractivity contribution is -0.137. The first-order chi connectivity index (χ1) is 16.1. The van der Waals surface area contributed by atoms with E-state index in [4.69, 9.17) is 14.7 Å². The molecule has 1 aromatic heterocycles. The second kappa shape index (κ2) is 10.0. The van der Waals surface area contributed by atoms with Crippen LogP contribution in [0.4, 0.5) is 0 Å². The Balaban J connectivity index is 1.43. The number of nitrogens with zero attached hydrogens (tertiary/aromatic N) is 2. The van der Waals surface area contributed by atoms with Crippen molar-refractivity contribution in [3.63, 3.8) is 0 Å². The quantitative estimate of drug-likeness (QED) is 0.244. The van der Waals surface area contributed by atoms with E-state index in [1.165, 1.54) is 6.08 Å². The van der Waals surface area contributed by atoms with Crippen molar-refractivity contribution in [1.29, 1.82) is 5.26 Å². The molecule has 1 unspecified atom stereocenters. The molecule has 0 aliphatic carbocycles. The van der Waals surface area contributed by atoms with Crippen LogP contribution in [-0.2, 0) is 16.1 Å². The Kier molecular flexibility index (Phi) is 6.72. The van der Waals surface area contributed by atoms with Gasteiger partial charge in [-0.25, -0.2) is 4.79 Å². The largest absolute Gasteiger partial charge is 0.491 e. The molecule has 1 heterocycles. The van der Waals surface area contributed by atoms with Crippen LogP contribution in [0.5, 0.6) is 5.75 Å². The van der Waals surface area contributed by atoms with Gasteiger partial charge in [-0.05, 0) is 42.8 Å². The maximum Gasteiger partial charge on any atom is 0.348 e. The zero-order valence-corrected chi connectivity index (χ0v) is 18.3. The average molecular weight is 440 g/mol. The van der Waals surface area contributed by atoms with E-state index in [-0.39, 0.29) is 18.8 Å². The summed E-state index contributed by atoms with van der Waals surface area (Å²) in [6.45, 7) is 2.43. The van der Waals surface area contributed by atoms with Crippen LogP contribution >= 0.6 is 0 Å². The third-order valence-corrected chi connectivity index (χ3v) is 5.32. The number of rotatable bonds is 8. The molecule has 1 atom stereocenters. The molecule has 0 saturated carbocycles. The van der Waals surface area contributed by atoms with Gasteiger partial charge in [0.15, 0.2) is 0 Å². The van der Waals surface area contributed by atoms with Crippen LogP contribution in [-0.4, -0.2) is 35.0 Å². The fraction of sp³-hybridized carbons (Fsp3) is 0.185. The van der Waals surface area contributed by atoms with Crippen LogP contribution in [0.2, 0.25) is 0 Å². The van der Waals surface area contributed by atoms with E-state index in [1.807, 2.05) is 30.3 Å². The SMILES string of the molecule is CCOC(=O)/C(C#N)=C\c1ccc(OCC(O)Cn2c3ccccc3c3ccccc32)cc1. The summed E-state index contributed by atoms with van der Waals surface area (Å²) in [6, 6.07) is 25.1. The second-order valence-corrected chi connectivity index (χ2v) is 7.57. The minimum absolute atomic E-state index is 0.0629. The molecule has 0 amide bonds. The Morgan fingerprint density at radius 3 is 2.21 bits per heavy atom. The number of ether oxygens (including phenoxy) is 2. The fourth-order valence-electron chi connectivity index (χ4n) is 3.83. The molecule has 0 radical (unpaired) electrons. The predicted octanol–water partition coefficient (Wildman–Crippen LogP) is 4.70. The van der Waals surface area contributed by atoms with Crippen molar-refractivity contribution in [2.75, 3.05) is 13.2 Å². The number of para-hydroxylation sites is 2. The minimum Gasteiger partial charge on any atom is -0.491 e. The molecule has 4 aromatic rings. The van der Waals surface area contributed by atoms with Crippen molar-refractivity contribution in [3.8, 4) is 11.8 Å². The summed E-state index contributed by atoms with van der Waals surface area (Å²) in [4.78, 5) is 11.7. The van der Waals surface area contributed by atoms with Crippen LogP contribution in [0.1, 0.15) is 12.5 Å². The Bertz CT molecular complexity index is 1290. The summed E-state index contributed by atoms with van der Waals surface area (Å²) >= 11 is 0. The van der Waals surface area contributed by atoms with E-state index < -0.39 is 12.1 Å². The lowest BCUT2D eigenvalue weighted by Crippen LogP contribution is -2.23. The number of aliphatic hydroxyl groups is 1.